The van der Waals surface area contributed by atoms with Gasteiger partial charge in [-0.25, -0.2) is 4.39 Å². The molecule has 1 aromatic carbocycles. The lowest BCUT2D eigenvalue weighted by molar-refractivity contribution is 0.0393. The van der Waals surface area contributed by atoms with Crippen LogP contribution in [0.5, 0.6) is 5.75 Å². The van der Waals surface area contributed by atoms with Crippen molar-refractivity contribution in [3.8, 4) is 5.75 Å². The predicted octanol–water partition coefficient (Wildman–Crippen LogP) is 2.36. The summed E-state index contributed by atoms with van der Waals surface area (Å²) in [5.74, 6) is -1.22. The maximum absolute atomic E-state index is 13.1. The largest absolute Gasteiger partial charge is 0.505 e. The van der Waals surface area contributed by atoms with Gasteiger partial charge in [0.25, 0.3) is 0 Å². The van der Waals surface area contributed by atoms with Gasteiger partial charge in [-0.3, -0.25) is 0 Å². The summed E-state index contributed by atoms with van der Waals surface area (Å²) in [4.78, 5) is 0. The van der Waals surface area contributed by atoms with E-state index < -0.39 is 29.1 Å². The van der Waals surface area contributed by atoms with Gasteiger partial charge in [-0.05, 0) is 11.5 Å². The van der Waals surface area contributed by atoms with Gasteiger partial charge in [-0.15, -0.1) is 12.4 Å². The van der Waals surface area contributed by atoms with Crippen LogP contribution in [0.15, 0.2) is 18.2 Å². The number of rotatable bonds is 2. The van der Waals surface area contributed by atoms with Crippen LogP contribution in [0.4, 0.5) is 4.39 Å². The molecule has 0 saturated heterocycles. The summed E-state index contributed by atoms with van der Waals surface area (Å²) >= 11 is 0. The summed E-state index contributed by atoms with van der Waals surface area (Å²) in [6, 6.07) is 3.31. The van der Waals surface area contributed by atoms with E-state index in [0.29, 0.717) is 0 Å². The molecule has 0 aromatic heterocycles. The minimum absolute atomic E-state index is 0. The maximum Gasteiger partial charge on any atom is 0.165 e. The molecule has 0 spiro atoms. The molecule has 3 nitrogen and oxygen atoms in total. The van der Waals surface area contributed by atoms with Crippen molar-refractivity contribution in [2.24, 2.45) is 11.1 Å². The van der Waals surface area contributed by atoms with Gasteiger partial charge in [0.1, 0.15) is 0 Å². The number of aliphatic hydroxyl groups is 1. The van der Waals surface area contributed by atoms with Crippen LogP contribution in [0.25, 0.3) is 0 Å². The third kappa shape index (κ3) is 3.56. The van der Waals surface area contributed by atoms with Crippen molar-refractivity contribution in [3.05, 3.63) is 29.6 Å². The zero-order chi connectivity index (χ0) is 12.5. The molecule has 0 aliphatic rings. The minimum atomic E-state index is -0.861. The Balaban J connectivity index is 0.00000256. The number of phenolic OH excluding ortho intramolecular Hbond substituents is 1. The third-order valence-electron chi connectivity index (χ3n) is 2.60. The number of nitrogens with two attached hydrogens (primary N) is 1. The van der Waals surface area contributed by atoms with Gasteiger partial charge in [-0.2, -0.15) is 0 Å². The van der Waals surface area contributed by atoms with Crippen molar-refractivity contribution in [2.45, 2.75) is 32.9 Å². The van der Waals surface area contributed by atoms with E-state index in [0.717, 1.165) is 6.07 Å². The van der Waals surface area contributed by atoms with Crippen molar-refractivity contribution < 1.29 is 14.6 Å². The van der Waals surface area contributed by atoms with Crippen molar-refractivity contribution in [1.82, 2.24) is 0 Å². The van der Waals surface area contributed by atoms with Crippen LogP contribution in [0.2, 0.25) is 0 Å². The Morgan fingerprint density at radius 2 is 1.82 bits per heavy atom. The zero-order valence-electron chi connectivity index (χ0n) is 10.1. The SMILES string of the molecule is CC(C)(C)[C@H](O)[C@H](N)c1cccc(F)c1O.Cl. The number of aliphatic hydroxyl groups excluding tert-OH is 1. The second-order valence-electron chi connectivity index (χ2n) is 5.01. The first-order valence-electron chi connectivity index (χ1n) is 5.16. The lowest BCUT2D eigenvalue weighted by atomic mass is 9.82. The number of para-hydroxylation sites is 1. The van der Waals surface area contributed by atoms with Crippen LogP contribution in [0.3, 0.4) is 0 Å². The molecule has 0 radical (unpaired) electrons. The molecule has 5 heteroatoms. The van der Waals surface area contributed by atoms with Gasteiger partial charge >= 0.3 is 0 Å². The molecule has 0 aliphatic heterocycles. The van der Waals surface area contributed by atoms with Crippen LogP contribution in [-0.2, 0) is 0 Å². The van der Waals surface area contributed by atoms with Crippen molar-refractivity contribution in [1.29, 1.82) is 0 Å². The monoisotopic (exact) mass is 263 g/mol. The van der Waals surface area contributed by atoms with E-state index in [1.165, 1.54) is 12.1 Å². The van der Waals surface area contributed by atoms with Gasteiger partial charge in [0.15, 0.2) is 11.6 Å². The van der Waals surface area contributed by atoms with E-state index in [2.05, 4.69) is 0 Å². The molecule has 0 saturated carbocycles. The fourth-order valence-electron chi connectivity index (χ4n) is 1.51. The lowest BCUT2D eigenvalue weighted by Crippen LogP contribution is -2.37. The average Bonchev–Trinajstić information content (AvgIpc) is 2.18. The lowest BCUT2D eigenvalue weighted by Gasteiger charge is -2.31. The topological polar surface area (TPSA) is 66.5 Å². The van der Waals surface area contributed by atoms with Gasteiger partial charge in [0, 0.05) is 5.56 Å². The number of hydrogen-bond donors (Lipinski definition) is 3. The highest BCUT2D eigenvalue weighted by molar-refractivity contribution is 5.85. The molecule has 17 heavy (non-hydrogen) atoms. The van der Waals surface area contributed by atoms with Gasteiger partial charge in [0.05, 0.1) is 12.1 Å². The van der Waals surface area contributed by atoms with Crippen LogP contribution < -0.4 is 5.73 Å². The molecule has 98 valence electrons. The highest BCUT2D eigenvalue weighted by atomic mass is 35.5. The Morgan fingerprint density at radius 3 is 2.29 bits per heavy atom. The average molecular weight is 264 g/mol. The standard InChI is InChI=1S/C12H18FNO2.ClH/c1-12(2,3)11(16)9(14)7-5-4-6-8(13)10(7)15;/h4-6,9,11,15-16H,14H2,1-3H3;1H/t9-,11-;/m1./s1. The van der Waals surface area contributed by atoms with Gasteiger partial charge < -0.3 is 15.9 Å². The highest BCUT2D eigenvalue weighted by Crippen LogP contribution is 2.33. The number of hydrogen-bond acceptors (Lipinski definition) is 3. The van der Waals surface area contributed by atoms with Gasteiger partial charge in [0.2, 0.25) is 0 Å². The fourth-order valence-corrected chi connectivity index (χ4v) is 1.51. The predicted molar refractivity (Wildman–Crippen MR) is 67.7 cm³/mol. The first-order valence-corrected chi connectivity index (χ1v) is 5.16. The summed E-state index contributed by atoms with van der Waals surface area (Å²) in [5, 5.41) is 19.5. The molecule has 0 bridgehead atoms. The Labute approximate surface area is 107 Å². The van der Waals surface area contributed by atoms with Crippen LogP contribution in [-0.4, -0.2) is 16.3 Å². The van der Waals surface area contributed by atoms with Gasteiger partial charge in [-0.1, -0.05) is 32.9 Å². The molecule has 1 aromatic rings. The third-order valence-corrected chi connectivity index (χ3v) is 2.60. The summed E-state index contributed by atoms with van der Waals surface area (Å²) in [7, 11) is 0. The van der Waals surface area contributed by atoms with Crippen molar-refractivity contribution in [2.75, 3.05) is 0 Å². The molecule has 0 heterocycles. The minimum Gasteiger partial charge on any atom is -0.505 e. The number of benzene rings is 1. The van der Waals surface area contributed by atoms with Crippen LogP contribution >= 0.6 is 12.4 Å². The fraction of sp³-hybridized carbons (Fsp3) is 0.500. The van der Waals surface area contributed by atoms with Crippen LogP contribution in [0, 0.1) is 11.2 Å². The molecule has 2 atom stereocenters. The second-order valence-corrected chi connectivity index (χ2v) is 5.01. The Hall–Kier alpha value is -0.840. The Kier molecular flexibility index (Phi) is 5.39. The van der Waals surface area contributed by atoms with E-state index in [1.807, 2.05) is 20.8 Å². The molecule has 0 unspecified atom stereocenters. The van der Waals surface area contributed by atoms with E-state index in [9.17, 15) is 14.6 Å². The summed E-state index contributed by atoms with van der Waals surface area (Å²) in [6.45, 7) is 5.48. The number of halogens is 2. The van der Waals surface area contributed by atoms with E-state index in [4.69, 9.17) is 5.73 Å². The first-order chi connectivity index (χ1) is 7.25. The molecule has 0 fully saturated rings. The Bertz CT molecular complexity index is 379. The van der Waals surface area contributed by atoms with Crippen molar-refractivity contribution >= 4 is 12.4 Å². The van der Waals surface area contributed by atoms with Crippen molar-refractivity contribution in [3.63, 3.8) is 0 Å². The molecule has 0 amide bonds. The number of aromatic hydroxyl groups is 1. The molecule has 1 rings (SSSR count). The maximum atomic E-state index is 13.1. The smallest absolute Gasteiger partial charge is 0.165 e. The van der Waals surface area contributed by atoms with Crippen LogP contribution in [0.1, 0.15) is 32.4 Å². The molecular weight excluding hydrogens is 245 g/mol. The molecular formula is C12H19ClFNO2. The zero-order valence-corrected chi connectivity index (χ0v) is 11.0. The van der Waals surface area contributed by atoms with E-state index in [-0.39, 0.29) is 18.0 Å². The molecule has 4 N–H and O–H groups in total. The normalized spacial score (nSPS) is 14.9. The second kappa shape index (κ2) is 5.67. The van der Waals surface area contributed by atoms with E-state index in [1.54, 1.807) is 0 Å². The number of phenols is 1. The molecule has 0 aliphatic carbocycles. The highest BCUT2D eigenvalue weighted by Gasteiger charge is 2.30. The summed E-state index contributed by atoms with van der Waals surface area (Å²) in [5.41, 5.74) is 5.61. The first kappa shape index (κ1) is 16.2. The Morgan fingerprint density at radius 1 is 1.29 bits per heavy atom. The summed E-state index contributed by atoms with van der Waals surface area (Å²) < 4.78 is 13.1. The summed E-state index contributed by atoms with van der Waals surface area (Å²) in [6.07, 6.45) is -0.861. The quantitative estimate of drug-likeness (QED) is 0.767. The van der Waals surface area contributed by atoms with E-state index >= 15 is 0 Å².